The highest BCUT2D eigenvalue weighted by Crippen LogP contribution is 2.15. The number of anilines is 1. The molecule has 0 fully saturated rings. The molecule has 2 aromatic rings. The van der Waals surface area contributed by atoms with Crippen LogP contribution in [0.3, 0.4) is 0 Å². The van der Waals surface area contributed by atoms with E-state index < -0.39 is 10.8 Å². The lowest BCUT2D eigenvalue weighted by Gasteiger charge is -2.03. The third kappa shape index (κ3) is 2.74. The summed E-state index contributed by atoms with van der Waals surface area (Å²) in [5, 5.41) is 4.23. The van der Waals surface area contributed by atoms with Crippen molar-refractivity contribution in [3.05, 3.63) is 41.7 Å². The van der Waals surface area contributed by atoms with Crippen LogP contribution < -0.4 is 5.73 Å². The summed E-state index contributed by atoms with van der Waals surface area (Å²) in [4.78, 5) is 0.754. The number of hydrogen-bond donors (Lipinski definition) is 1. The van der Waals surface area contributed by atoms with Gasteiger partial charge in [0.2, 0.25) is 0 Å². The van der Waals surface area contributed by atoms with Crippen molar-refractivity contribution < 1.29 is 4.21 Å². The molecule has 1 atom stereocenters. The van der Waals surface area contributed by atoms with Crippen molar-refractivity contribution >= 4 is 16.5 Å². The van der Waals surface area contributed by atoms with Crippen LogP contribution in [0.25, 0.3) is 0 Å². The molecule has 2 rings (SSSR count). The lowest BCUT2D eigenvalue weighted by atomic mass is 10.3. The lowest BCUT2D eigenvalue weighted by Crippen LogP contribution is -2.03. The first kappa shape index (κ1) is 11.9. The fourth-order valence-corrected chi connectivity index (χ4v) is 2.88. The smallest absolute Gasteiger partial charge is 0.0702 e. The molecule has 0 saturated heterocycles. The first-order valence-corrected chi connectivity index (χ1v) is 6.61. The normalized spacial score (nSPS) is 12.6. The highest BCUT2D eigenvalue weighted by atomic mass is 32.2. The first-order valence-electron chi connectivity index (χ1n) is 5.29. The molecular weight excluding hydrogens is 234 g/mol. The van der Waals surface area contributed by atoms with Crippen LogP contribution in [-0.2, 0) is 23.6 Å². The van der Waals surface area contributed by atoms with Gasteiger partial charge in [-0.05, 0) is 31.2 Å². The van der Waals surface area contributed by atoms with Gasteiger partial charge in [0.05, 0.1) is 27.9 Å². The van der Waals surface area contributed by atoms with Crippen LogP contribution in [-0.4, -0.2) is 14.0 Å². The molecule has 0 amide bonds. The molecule has 0 radical (unpaired) electrons. The van der Waals surface area contributed by atoms with Crippen molar-refractivity contribution in [2.45, 2.75) is 17.6 Å². The standard InChI is InChI=1S/C12H15N3OS/c1-9-6-11(15(2)14-9)8-17(16)12-5-3-4-10(13)7-12/h3-7H,8,13H2,1-2H3. The molecule has 0 bridgehead atoms. The Morgan fingerprint density at radius 1 is 1.41 bits per heavy atom. The highest BCUT2D eigenvalue weighted by molar-refractivity contribution is 7.84. The van der Waals surface area contributed by atoms with Crippen LogP contribution in [0.5, 0.6) is 0 Å². The van der Waals surface area contributed by atoms with Gasteiger partial charge in [-0.15, -0.1) is 0 Å². The van der Waals surface area contributed by atoms with E-state index in [-0.39, 0.29) is 0 Å². The molecule has 1 unspecified atom stereocenters. The third-order valence-corrected chi connectivity index (χ3v) is 3.84. The Hall–Kier alpha value is -1.62. The van der Waals surface area contributed by atoms with Crippen LogP contribution in [0.2, 0.25) is 0 Å². The maximum absolute atomic E-state index is 12.1. The van der Waals surface area contributed by atoms with Crippen LogP contribution in [0, 0.1) is 6.92 Å². The molecule has 0 aliphatic rings. The number of rotatable bonds is 3. The van der Waals surface area contributed by atoms with E-state index in [2.05, 4.69) is 5.10 Å². The Morgan fingerprint density at radius 2 is 2.18 bits per heavy atom. The van der Waals surface area contributed by atoms with Gasteiger partial charge in [0.25, 0.3) is 0 Å². The Labute approximate surface area is 103 Å². The molecule has 0 aliphatic heterocycles. The number of nitrogens with two attached hydrogens (primary N) is 1. The maximum atomic E-state index is 12.1. The minimum atomic E-state index is -1.08. The molecule has 5 heteroatoms. The SMILES string of the molecule is Cc1cc(CS(=O)c2cccc(N)c2)n(C)n1. The Bertz CT molecular complexity index is 563. The summed E-state index contributed by atoms with van der Waals surface area (Å²) in [5.41, 5.74) is 8.21. The molecule has 1 aromatic carbocycles. The molecule has 2 N–H and O–H groups in total. The summed E-state index contributed by atoms with van der Waals surface area (Å²) < 4.78 is 13.9. The van der Waals surface area contributed by atoms with Crippen LogP contribution in [0.15, 0.2) is 35.2 Å². The largest absolute Gasteiger partial charge is 0.399 e. The molecule has 17 heavy (non-hydrogen) atoms. The monoisotopic (exact) mass is 249 g/mol. The van der Waals surface area contributed by atoms with Crippen molar-refractivity contribution in [2.24, 2.45) is 7.05 Å². The fraction of sp³-hybridized carbons (Fsp3) is 0.250. The number of benzene rings is 1. The minimum Gasteiger partial charge on any atom is -0.399 e. The summed E-state index contributed by atoms with van der Waals surface area (Å²) in [6.07, 6.45) is 0. The molecule has 4 nitrogen and oxygen atoms in total. The average Bonchev–Trinajstić information content (AvgIpc) is 2.57. The molecule has 0 aliphatic carbocycles. The molecule has 1 heterocycles. The zero-order valence-corrected chi connectivity index (χ0v) is 10.7. The van der Waals surface area contributed by atoms with E-state index in [4.69, 9.17) is 5.73 Å². The van der Waals surface area contributed by atoms with E-state index in [1.54, 1.807) is 16.8 Å². The van der Waals surface area contributed by atoms with Gasteiger partial charge in [0, 0.05) is 17.6 Å². The van der Waals surface area contributed by atoms with Gasteiger partial charge < -0.3 is 5.73 Å². The summed E-state index contributed by atoms with van der Waals surface area (Å²) in [6, 6.07) is 9.13. The number of nitrogens with zero attached hydrogens (tertiary/aromatic N) is 2. The summed E-state index contributed by atoms with van der Waals surface area (Å²) in [5.74, 6) is 0.459. The number of nitrogen functional groups attached to an aromatic ring is 1. The quantitative estimate of drug-likeness (QED) is 0.841. The second-order valence-electron chi connectivity index (χ2n) is 3.96. The Balaban J connectivity index is 2.20. The molecule has 1 aromatic heterocycles. The van der Waals surface area contributed by atoms with Crippen LogP contribution in [0.1, 0.15) is 11.4 Å². The third-order valence-electron chi connectivity index (χ3n) is 2.50. The van der Waals surface area contributed by atoms with Crippen molar-refractivity contribution in [2.75, 3.05) is 5.73 Å². The molecule has 0 spiro atoms. The zero-order valence-electron chi connectivity index (χ0n) is 9.88. The van der Waals surface area contributed by atoms with Gasteiger partial charge in [-0.1, -0.05) is 6.07 Å². The number of aryl methyl sites for hydroxylation is 2. The van der Waals surface area contributed by atoms with E-state index in [1.165, 1.54) is 0 Å². The van der Waals surface area contributed by atoms with Crippen molar-refractivity contribution in [1.29, 1.82) is 0 Å². The van der Waals surface area contributed by atoms with E-state index in [9.17, 15) is 4.21 Å². The highest BCUT2D eigenvalue weighted by Gasteiger charge is 2.09. The van der Waals surface area contributed by atoms with Crippen molar-refractivity contribution in [1.82, 2.24) is 9.78 Å². The van der Waals surface area contributed by atoms with Gasteiger partial charge in [0.1, 0.15) is 0 Å². The zero-order chi connectivity index (χ0) is 12.4. The summed E-state index contributed by atoms with van der Waals surface area (Å²) in [6.45, 7) is 1.92. The van der Waals surface area contributed by atoms with Crippen molar-refractivity contribution in [3.8, 4) is 0 Å². The van der Waals surface area contributed by atoms with Gasteiger partial charge >= 0.3 is 0 Å². The van der Waals surface area contributed by atoms with Gasteiger partial charge in [-0.2, -0.15) is 5.10 Å². The Morgan fingerprint density at radius 3 is 2.76 bits per heavy atom. The summed E-state index contributed by atoms with van der Waals surface area (Å²) in [7, 11) is 0.778. The first-order chi connectivity index (χ1) is 8.06. The topological polar surface area (TPSA) is 60.9 Å². The fourth-order valence-electron chi connectivity index (χ4n) is 1.67. The van der Waals surface area contributed by atoms with Gasteiger partial charge in [-0.3, -0.25) is 8.89 Å². The average molecular weight is 249 g/mol. The predicted octanol–water partition coefficient (Wildman–Crippen LogP) is 1.62. The van der Waals surface area contributed by atoms with E-state index >= 15 is 0 Å². The van der Waals surface area contributed by atoms with Gasteiger partial charge in [-0.25, -0.2) is 0 Å². The maximum Gasteiger partial charge on any atom is 0.0702 e. The van der Waals surface area contributed by atoms with E-state index in [0.29, 0.717) is 11.4 Å². The molecular formula is C12H15N3OS. The van der Waals surface area contributed by atoms with Gasteiger partial charge in [0.15, 0.2) is 0 Å². The predicted molar refractivity (Wildman–Crippen MR) is 68.9 cm³/mol. The molecule has 0 saturated carbocycles. The Kier molecular flexibility index (Phi) is 3.28. The number of hydrogen-bond acceptors (Lipinski definition) is 3. The number of aromatic nitrogens is 2. The summed E-state index contributed by atoms with van der Waals surface area (Å²) >= 11 is 0. The van der Waals surface area contributed by atoms with E-state index in [1.807, 2.05) is 32.2 Å². The van der Waals surface area contributed by atoms with Crippen LogP contribution in [0.4, 0.5) is 5.69 Å². The van der Waals surface area contributed by atoms with E-state index in [0.717, 1.165) is 16.3 Å². The van der Waals surface area contributed by atoms with Crippen LogP contribution >= 0.6 is 0 Å². The second kappa shape index (κ2) is 4.71. The molecule has 90 valence electrons. The second-order valence-corrected chi connectivity index (χ2v) is 5.41. The lowest BCUT2D eigenvalue weighted by molar-refractivity contribution is 0.676. The van der Waals surface area contributed by atoms with Crippen molar-refractivity contribution in [3.63, 3.8) is 0 Å². The minimum absolute atomic E-state index is 0.459.